The maximum absolute atomic E-state index is 2.36. The summed E-state index contributed by atoms with van der Waals surface area (Å²) in [6.07, 6.45) is 2.55. The highest BCUT2D eigenvalue weighted by Crippen LogP contribution is 2.43. The minimum atomic E-state index is 0.583. The zero-order chi connectivity index (χ0) is 15.9. The summed E-state index contributed by atoms with van der Waals surface area (Å²) < 4.78 is 0. The Hall–Kier alpha value is -1.56. The van der Waals surface area contributed by atoms with Gasteiger partial charge in [0.05, 0.1) is 0 Å². The Labute approximate surface area is 135 Å². The topological polar surface area (TPSA) is 0 Å². The second-order valence-electron chi connectivity index (χ2n) is 7.44. The summed E-state index contributed by atoms with van der Waals surface area (Å²) in [6.45, 7) is 11.6. The molecular formula is C22H28. The van der Waals surface area contributed by atoms with Gasteiger partial charge in [-0.2, -0.15) is 0 Å². The molecule has 1 unspecified atom stereocenters. The Morgan fingerprint density at radius 1 is 0.909 bits per heavy atom. The average Bonchev–Trinajstić information content (AvgIpc) is 2.91. The van der Waals surface area contributed by atoms with Gasteiger partial charge in [-0.25, -0.2) is 0 Å². The molecule has 2 aromatic carbocycles. The van der Waals surface area contributed by atoms with Crippen LogP contribution in [0.3, 0.4) is 0 Å². The van der Waals surface area contributed by atoms with Crippen molar-refractivity contribution in [2.45, 2.75) is 59.3 Å². The fourth-order valence-electron chi connectivity index (χ4n) is 4.20. The van der Waals surface area contributed by atoms with Crippen molar-refractivity contribution >= 4 is 0 Å². The highest BCUT2D eigenvalue weighted by atomic mass is 14.3. The SMILES string of the molecule is Cc1c(-c2cccc3c2CCC3C(C)C)cccc1C(C)C. The number of fused-ring (bicyclic) bond motifs is 1. The van der Waals surface area contributed by atoms with Crippen molar-refractivity contribution in [1.82, 2.24) is 0 Å². The normalized spacial score (nSPS) is 17.3. The molecule has 1 aliphatic rings. The van der Waals surface area contributed by atoms with Crippen LogP contribution in [0.4, 0.5) is 0 Å². The minimum absolute atomic E-state index is 0.583. The van der Waals surface area contributed by atoms with Crippen molar-refractivity contribution in [1.29, 1.82) is 0 Å². The molecule has 0 spiro atoms. The van der Waals surface area contributed by atoms with E-state index in [1.165, 1.54) is 35.1 Å². The molecule has 0 aliphatic heterocycles. The van der Waals surface area contributed by atoms with Crippen LogP contribution in [0.1, 0.15) is 68.2 Å². The van der Waals surface area contributed by atoms with Gasteiger partial charge in [-0.05, 0) is 70.9 Å². The molecule has 0 fully saturated rings. The van der Waals surface area contributed by atoms with Crippen molar-refractivity contribution in [3.8, 4) is 11.1 Å². The van der Waals surface area contributed by atoms with E-state index in [9.17, 15) is 0 Å². The monoisotopic (exact) mass is 292 g/mol. The maximum Gasteiger partial charge on any atom is -0.0133 e. The van der Waals surface area contributed by atoms with Gasteiger partial charge in [-0.3, -0.25) is 0 Å². The number of hydrogen-bond acceptors (Lipinski definition) is 0. The smallest absolute Gasteiger partial charge is 0.0133 e. The standard InChI is InChI=1S/C22H28/c1-14(2)17-8-6-9-19(16(17)5)21-11-7-10-20-18(15(3)4)12-13-22(20)21/h6-11,14-15,18H,12-13H2,1-5H3. The predicted octanol–water partition coefficient (Wildman–Crippen LogP) is 6.47. The van der Waals surface area contributed by atoms with Gasteiger partial charge in [-0.1, -0.05) is 64.1 Å². The van der Waals surface area contributed by atoms with Crippen molar-refractivity contribution in [3.05, 3.63) is 58.7 Å². The Morgan fingerprint density at radius 3 is 2.27 bits per heavy atom. The quantitative estimate of drug-likeness (QED) is 0.608. The van der Waals surface area contributed by atoms with Crippen molar-refractivity contribution in [3.63, 3.8) is 0 Å². The zero-order valence-electron chi connectivity index (χ0n) is 14.6. The van der Waals surface area contributed by atoms with Gasteiger partial charge in [-0.15, -0.1) is 0 Å². The van der Waals surface area contributed by atoms with Gasteiger partial charge in [0.1, 0.15) is 0 Å². The summed E-state index contributed by atoms with van der Waals surface area (Å²) in [6, 6.07) is 13.8. The number of rotatable bonds is 3. The highest BCUT2D eigenvalue weighted by Gasteiger charge is 2.27. The average molecular weight is 292 g/mol. The van der Waals surface area contributed by atoms with Crippen LogP contribution < -0.4 is 0 Å². The van der Waals surface area contributed by atoms with Crippen LogP contribution in [-0.4, -0.2) is 0 Å². The van der Waals surface area contributed by atoms with E-state index in [1.807, 2.05) is 0 Å². The van der Waals surface area contributed by atoms with E-state index in [0.717, 1.165) is 11.8 Å². The fourth-order valence-corrected chi connectivity index (χ4v) is 4.20. The van der Waals surface area contributed by atoms with E-state index in [0.29, 0.717) is 5.92 Å². The summed E-state index contributed by atoms with van der Waals surface area (Å²) in [7, 11) is 0. The molecule has 1 aliphatic carbocycles. The van der Waals surface area contributed by atoms with E-state index in [4.69, 9.17) is 0 Å². The lowest BCUT2D eigenvalue weighted by molar-refractivity contribution is 0.496. The molecule has 0 amide bonds. The fraction of sp³-hybridized carbons (Fsp3) is 0.455. The Bertz CT molecular complexity index is 676. The molecule has 0 heteroatoms. The third kappa shape index (κ3) is 2.49. The molecule has 3 rings (SSSR count). The second kappa shape index (κ2) is 5.91. The molecule has 0 radical (unpaired) electrons. The first kappa shape index (κ1) is 15.3. The second-order valence-corrected chi connectivity index (χ2v) is 7.44. The van der Waals surface area contributed by atoms with E-state index >= 15 is 0 Å². The van der Waals surface area contributed by atoms with Gasteiger partial charge in [0.25, 0.3) is 0 Å². The highest BCUT2D eigenvalue weighted by molar-refractivity contribution is 5.74. The van der Waals surface area contributed by atoms with Gasteiger partial charge < -0.3 is 0 Å². The van der Waals surface area contributed by atoms with Crippen LogP contribution in [0.5, 0.6) is 0 Å². The molecule has 0 aromatic heterocycles. The Kier molecular flexibility index (Phi) is 4.12. The molecule has 1 atom stereocenters. The van der Waals surface area contributed by atoms with Crippen LogP contribution in [0.15, 0.2) is 36.4 Å². The van der Waals surface area contributed by atoms with Gasteiger partial charge in [0.2, 0.25) is 0 Å². The first-order valence-electron chi connectivity index (χ1n) is 8.72. The summed E-state index contributed by atoms with van der Waals surface area (Å²) in [5.41, 5.74) is 9.05. The first-order chi connectivity index (χ1) is 10.5. The Balaban J connectivity index is 2.14. The number of hydrogen-bond donors (Lipinski definition) is 0. The molecule has 0 nitrogen and oxygen atoms in total. The number of benzene rings is 2. The Morgan fingerprint density at radius 2 is 1.59 bits per heavy atom. The molecule has 0 saturated heterocycles. The van der Waals surface area contributed by atoms with Crippen molar-refractivity contribution in [2.24, 2.45) is 5.92 Å². The lowest BCUT2D eigenvalue weighted by Gasteiger charge is -2.18. The summed E-state index contributed by atoms with van der Waals surface area (Å²) in [5.74, 6) is 2.06. The molecule has 2 aromatic rings. The van der Waals surface area contributed by atoms with E-state index in [1.54, 1.807) is 11.1 Å². The zero-order valence-corrected chi connectivity index (χ0v) is 14.6. The van der Waals surface area contributed by atoms with Crippen LogP contribution in [-0.2, 0) is 6.42 Å². The van der Waals surface area contributed by atoms with Crippen molar-refractivity contribution in [2.75, 3.05) is 0 Å². The molecule has 22 heavy (non-hydrogen) atoms. The van der Waals surface area contributed by atoms with Gasteiger partial charge in [0.15, 0.2) is 0 Å². The third-order valence-electron chi connectivity index (χ3n) is 5.41. The van der Waals surface area contributed by atoms with E-state index in [-0.39, 0.29) is 0 Å². The van der Waals surface area contributed by atoms with Crippen LogP contribution in [0.25, 0.3) is 11.1 Å². The molecule has 0 N–H and O–H groups in total. The molecule has 0 saturated carbocycles. The molecule has 0 heterocycles. The molecular weight excluding hydrogens is 264 g/mol. The lowest BCUT2D eigenvalue weighted by atomic mass is 9.86. The van der Waals surface area contributed by atoms with Crippen LogP contribution in [0, 0.1) is 12.8 Å². The van der Waals surface area contributed by atoms with Gasteiger partial charge in [0, 0.05) is 0 Å². The van der Waals surface area contributed by atoms with Crippen molar-refractivity contribution < 1.29 is 0 Å². The summed E-state index contributed by atoms with van der Waals surface area (Å²) in [4.78, 5) is 0. The summed E-state index contributed by atoms with van der Waals surface area (Å²) in [5, 5.41) is 0. The third-order valence-corrected chi connectivity index (χ3v) is 5.41. The lowest BCUT2D eigenvalue weighted by Crippen LogP contribution is -2.02. The van der Waals surface area contributed by atoms with E-state index in [2.05, 4.69) is 71.0 Å². The van der Waals surface area contributed by atoms with Gasteiger partial charge >= 0.3 is 0 Å². The predicted molar refractivity (Wildman–Crippen MR) is 96.6 cm³/mol. The largest absolute Gasteiger partial charge is 0.0622 e. The molecule has 116 valence electrons. The first-order valence-corrected chi connectivity index (χ1v) is 8.72. The minimum Gasteiger partial charge on any atom is -0.0622 e. The van der Waals surface area contributed by atoms with E-state index < -0.39 is 0 Å². The van der Waals surface area contributed by atoms with Crippen LogP contribution >= 0.6 is 0 Å². The summed E-state index contributed by atoms with van der Waals surface area (Å²) >= 11 is 0. The molecule has 0 bridgehead atoms. The van der Waals surface area contributed by atoms with Crippen LogP contribution in [0.2, 0.25) is 0 Å². The maximum atomic E-state index is 2.36.